The van der Waals surface area contributed by atoms with Crippen molar-refractivity contribution in [2.24, 2.45) is 0 Å². The molecule has 0 fully saturated rings. The van der Waals surface area contributed by atoms with E-state index in [1.807, 2.05) is 18.2 Å². The molecule has 0 aliphatic carbocycles. The van der Waals surface area contributed by atoms with Crippen molar-refractivity contribution in [3.8, 4) is 0 Å². The van der Waals surface area contributed by atoms with Gasteiger partial charge in [-0.3, -0.25) is 0 Å². The molecular formula is C14H15Br2N3S. The summed E-state index contributed by atoms with van der Waals surface area (Å²) in [5, 5.41) is 0. The van der Waals surface area contributed by atoms with Gasteiger partial charge < -0.3 is 5.73 Å². The number of hydrogen-bond donors (Lipinski definition) is 1. The van der Waals surface area contributed by atoms with E-state index in [2.05, 4.69) is 54.8 Å². The monoisotopic (exact) mass is 415 g/mol. The van der Waals surface area contributed by atoms with Crippen molar-refractivity contribution in [3.05, 3.63) is 44.7 Å². The number of rotatable bonds is 5. The van der Waals surface area contributed by atoms with Crippen LogP contribution in [0.1, 0.15) is 24.9 Å². The molecule has 0 saturated heterocycles. The van der Waals surface area contributed by atoms with Crippen molar-refractivity contribution in [2.45, 2.75) is 30.4 Å². The lowest BCUT2D eigenvalue weighted by Gasteiger charge is -2.08. The number of anilines is 1. The molecule has 106 valence electrons. The standard InChI is InChI=1S/C14H15Br2N3S/c1-2-5-10-13(16)14(17)19-12(18-10)8-20-11-7-4-3-6-9(11)15/h3-4,6-7H,2,5,8H2,1H3,(H2,17,18,19). The number of thioether (sulfide) groups is 1. The Morgan fingerprint density at radius 3 is 2.65 bits per heavy atom. The summed E-state index contributed by atoms with van der Waals surface area (Å²) in [5.41, 5.74) is 6.92. The number of nitrogens with zero attached hydrogens (tertiary/aromatic N) is 2. The van der Waals surface area contributed by atoms with Gasteiger partial charge in [0.25, 0.3) is 0 Å². The van der Waals surface area contributed by atoms with Crippen molar-refractivity contribution in [2.75, 3.05) is 5.73 Å². The summed E-state index contributed by atoms with van der Waals surface area (Å²) in [6.07, 6.45) is 1.94. The normalized spacial score (nSPS) is 10.8. The number of nitrogens with two attached hydrogens (primary N) is 1. The van der Waals surface area contributed by atoms with E-state index in [1.54, 1.807) is 11.8 Å². The van der Waals surface area contributed by atoms with E-state index in [0.717, 1.165) is 33.3 Å². The van der Waals surface area contributed by atoms with Crippen LogP contribution in [0.4, 0.5) is 5.82 Å². The number of hydrogen-bond acceptors (Lipinski definition) is 4. The van der Waals surface area contributed by atoms with Gasteiger partial charge in [0.15, 0.2) is 0 Å². The molecule has 2 aromatic rings. The van der Waals surface area contributed by atoms with E-state index in [9.17, 15) is 0 Å². The molecule has 0 saturated carbocycles. The molecular weight excluding hydrogens is 402 g/mol. The zero-order valence-electron chi connectivity index (χ0n) is 11.1. The topological polar surface area (TPSA) is 51.8 Å². The molecule has 2 N–H and O–H groups in total. The molecule has 0 spiro atoms. The first-order valence-electron chi connectivity index (χ1n) is 6.30. The van der Waals surface area contributed by atoms with Crippen LogP contribution in [0.15, 0.2) is 38.1 Å². The summed E-state index contributed by atoms with van der Waals surface area (Å²) >= 11 is 8.70. The highest BCUT2D eigenvalue weighted by Gasteiger charge is 2.10. The summed E-state index contributed by atoms with van der Waals surface area (Å²) < 4.78 is 1.91. The van der Waals surface area contributed by atoms with E-state index in [4.69, 9.17) is 5.73 Å². The Balaban J connectivity index is 2.16. The van der Waals surface area contributed by atoms with E-state index >= 15 is 0 Å². The summed E-state index contributed by atoms with van der Waals surface area (Å²) in [4.78, 5) is 10.1. The van der Waals surface area contributed by atoms with Crippen molar-refractivity contribution >= 4 is 49.4 Å². The molecule has 0 bridgehead atoms. The van der Waals surface area contributed by atoms with Gasteiger partial charge in [0, 0.05) is 9.37 Å². The number of aromatic nitrogens is 2. The zero-order chi connectivity index (χ0) is 14.5. The second-order valence-corrected chi connectivity index (χ2v) is 6.92. The highest BCUT2D eigenvalue weighted by molar-refractivity contribution is 9.11. The molecule has 0 amide bonds. The van der Waals surface area contributed by atoms with Gasteiger partial charge in [0.05, 0.1) is 15.9 Å². The molecule has 0 aliphatic rings. The minimum Gasteiger partial charge on any atom is -0.383 e. The fourth-order valence-electron chi connectivity index (χ4n) is 1.74. The minimum atomic E-state index is 0.520. The molecule has 3 nitrogen and oxygen atoms in total. The van der Waals surface area contributed by atoms with Crippen LogP contribution in [0.5, 0.6) is 0 Å². The largest absolute Gasteiger partial charge is 0.383 e. The molecule has 0 aliphatic heterocycles. The highest BCUT2D eigenvalue weighted by atomic mass is 79.9. The predicted octanol–water partition coefficient (Wildman–Crippen LogP) is 4.83. The third-order valence-corrected chi connectivity index (χ3v) is 5.56. The van der Waals surface area contributed by atoms with Crippen LogP contribution in [0, 0.1) is 0 Å². The van der Waals surface area contributed by atoms with Crippen molar-refractivity contribution in [1.82, 2.24) is 9.97 Å². The van der Waals surface area contributed by atoms with Crippen LogP contribution in [0.25, 0.3) is 0 Å². The maximum Gasteiger partial charge on any atom is 0.141 e. The van der Waals surface area contributed by atoms with E-state index in [0.29, 0.717) is 11.6 Å². The summed E-state index contributed by atoms with van der Waals surface area (Å²) in [6.45, 7) is 2.13. The van der Waals surface area contributed by atoms with Crippen molar-refractivity contribution in [1.29, 1.82) is 0 Å². The molecule has 2 rings (SSSR count). The van der Waals surface area contributed by atoms with Crippen LogP contribution in [0.3, 0.4) is 0 Å². The van der Waals surface area contributed by atoms with E-state index in [1.165, 1.54) is 4.90 Å². The summed E-state index contributed by atoms with van der Waals surface area (Å²) in [6, 6.07) is 8.12. The van der Waals surface area contributed by atoms with Gasteiger partial charge in [-0.15, -0.1) is 11.8 Å². The lowest BCUT2D eigenvalue weighted by Crippen LogP contribution is -2.04. The Kier molecular flexibility index (Phi) is 5.86. The fraction of sp³-hybridized carbons (Fsp3) is 0.286. The van der Waals surface area contributed by atoms with Gasteiger partial charge in [-0.25, -0.2) is 9.97 Å². The van der Waals surface area contributed by atoms with Gasteiger partial charge in [-0.1, -0.05) is 25.5 Å². The Morgan fingerprint density at radius 1 is 1.20 bits per heavy atom. The van der Waals surface area contributed by atoms with Crippen LogP contribution in [0.2, 0.25) is 0 Å². The third kappa shape index (κ3) is 3.96. The smallest absolute Gasteiger partial charge is 0.141 e. The second kappa shape index (κ2) is 7.43. The molecule has 1 aromatic carbocycles. The summed E-state index contributed by atoms with van der Waals surface area (Å²) in [5.74, 6) is 2.00. The molecule has 20 heavy (non-hydrogen) atoms. The molecule has 6 heteroatoms. The Hall–Kier alpha value is -0.590. The molecule has 1 aromatic heterocycles. The number of aryl methyl sites for hydroxylation is 1. The minimum absolute atomic E-state index is 0.520. The first-order chi connectivity index (χ1) is 9.61. The highest BCUT2D eigenvalue weighted by Crippen LogP contribution is 2.30. The fourth-order valence-corrected chi connectivity index (χ4v) is 3.54. The SMILES string of the molecule is CCCc1nc(CSc2ccccc2Br)nc(N)c1Br. The number of benzene rings is 1. The van der Waals surface area contributed by atoms with Crippen LogP contribution in [-0.2, 0) is 12.2 Å². The average molecular weight is 417 g/mol. The maximum atomic E-state index is 5.93. The maximum absolute atomic E-state index is 5.93. The Bertz CT molecular complexity index is 605. The van der Waals surface area contributed by atoms with Crippen molar-refractivity contribution in [3.63, 3.8) is 0 Å². The van der Waals surface area contributed by atoms with Gasteiger partial charge in [0.2, 0.25) is 0 Å². The Morgan fingerprint density at radius 2 is 1.95 bits per heavy atom. The first kappa shape index (κ1) is 15.8. The van der Waals surface area contributed by atoms with Crippen LogP contribution in [-0.4, -0.2) is 9.97 Å². The predicted molar refractivity (Wildman–Crippen MR) is 91.8 cm³/mol. The van der Waals surface area contributed by atoms with Crippen LogP contribution >= 0.6 is 43.6 Å². The third-order valence-electron chi connectivity index (χ3n) is 2.67. The zero-order valence-corrected chi connectivity index (χ0v) is 15.1. The molecule has 1 heterocycles. The van der Waals surface area contributed by atoms with E-state index < -0.39 is 0 Å². The lowest BCUT2D eigenvalue weighted by molar-refractivity contribution is 0.848. The molecule has 0 unspecified atom stereocenters. The van der Waals surface area contributed by atoms with Gasteiger partial charge in [0.1, 0.15) is 11.6 Å². The average Bonchev–Trinajstić information content (AvgIpc) is 2.43. The van der Waals surface area contributed by atoms with E-state index in [-0.39, 0.29) is 0 Å². The number of nitrogen functional groups attached to an aromatic ring is 1. The van der Waals surface area contributed by atoms with Crippen LogP contribution < -0.4 is 5.73 Å². The summed E-state index contributed by atoms with van der Waals surface area (Å²) in [7, 11) is 0. The van der Waals surface area contributed by atoms with Gasteiger partial charge in [-0.2, -0.15) is 0 Å². The molecule has 0 radical (unpaired) electrons. The van der Waals surface area contributed by atoms with Gasteiger partial charge >= 0.3 is 0 Å². The van der Waals surface area contributed by atoms with Crippen molar-refractivity contribution < 1.29 is 0 Å². The van der Waals surface area contributed by atoms with Gasteiger partial charge in [-0.05, 0) is 50.4 Å². The Labute approximate surface area is 140 Å². The second-order valence-electron chi connectivity index (χ2n) is 4.25. The number of halogens is 2. The first-order valence-corrected chi connectivity index (χ1v) is 8.87. The molecule has 0 atom stereocenters. The lowest BCUT2D eigenvalue weighted by atomic mass is 10.2. The quantitative estimate of drug-likeness (QED) is 0.709.